The molecule has 0 saturated heterocycles. The standard InChI is InChI=1S/C12H21N5O2/c1-4-7(3)10(15-12(13)19)11(18)14-9-6-8(5-2)16-17-9/h6-7,10H,4-5H2,1-3H3,(H3,13,15,19)(H2,14,16,17,18). The molecule has 1 rings (SSSR count). The van der Waals surface area contributed by atoms with Crippen LogP contribution in [-0.2, 0) is 11.2 Å². The fourth-order valence-electron chi connectivity index (χ4n) is 1.67. The van der Waals surface area contributed by atoms with E-state index in [1.807, 2.05) is 20.8 Å². The molecule has 0 aliphatic carbocycles. The van der Waals surface area contributed by atoms with Gasteiger partial charge in [0.25, 0.3) is 0 Å². The van der Waals surface area contributed by atoms with Crippen molar-refractivity contribution in [3.8, 4) is 0 Å². The van der Waals surface area contributed by atoms with Crippen molar-refractivity contribution in [2.45, 2.75) is 39.7 Å². The Hall–Kier alpha value is -2.05. The topological polar surface area (TPSA) is 113 Å². The van der Waals surface area contributed by atoms with E-state index in [0.717, 1.165) is 18.5 Å². The van der Waals surface area contributed by atoms with Crippen LogP contribution in [0.2, 0.25) is 0 Å². The highest BCUT2D eigenvalue weighted by atomic mass is 16.2. The number of nitrogens with two attached hydrogens (primary N) is 1. The Morgan fingerprint density at radius 2 is 2.16 bits per heavy atom. The van der Waals surface area contributed by atoms with Crippen LogP contribution in [0.5, 0.6) is 0 Å². The van der Waals surface area contributed by atoms with E-state index in [4.69, 9.17) is 5.73 Å². The van der Waals surface area contributed by atoms with Crippen molar-refractivity contribution >= 4 is 17.8 Å². The molecule has 2 atom stereocenters. The van der Waals surface area contributed by atoms with Gasteiger partial charge in [0.2, 0.25) is 5.91 Å². The average Bonchev–Trinajstić information content (AvgIpc) is 2.82. The Bertz CT molecular complexity index is 443. The van der Waals surface area contributed by atoms with Crippen LogP contribution in [0.25, 0.3) is 0 Å². The summed E-state index contributed by atoms with van der Waals surface area (Å²) < 4.78 is 0. The van der Waals surface area contributed by atoms with E-state index in [9.17, 15) is 9.59 Å². The van der Waals surface area contributed by atoms with Crippen LogP contribution in [0.3, 0.4) is 0 Å². The summed E-state index contributed by atoms with van der Waals surface area (Å²) in [6, 6.07) is 0.386. The van der Waals surface area contributed by atoms with Crippen LogP contribution in [-0.4, -0.2) is 28.2 Å². The molecule has 0 bridgehead atoms. The number of nitrogens with one attached hydrogen (secondary N) is 3. The maximum absolute atomic E-state index is 12.1. The largest absolute Gasteiger partial charge is 0.352 e. The molecule has 3 amide bonds. The van der Waals surface area contributed by atoms with Gasteiger partial charge in [-0.1, -0.05) is 27.2 Å². The number of anilines is 1. The van der Waals surface area contributed by atoms with E-state index in [2.05, 4.69) is 20.8 Å². The highest BCUT2D eigenvalue weighted by Gasteiger charge is 2.25. The highest BCUT2D eigenvalue weighted by molar-refractivity contribution is 5.96. The van der Waals surface area contributed by atoms with Crippen LogP contribution < -0.4 is 16.4 Å². The molecular formula is C12H21N5O2. The second-order valence-electron chi connectivity index (χ2n) is 4.49. The van der Waals surface area contributed by atoms with Crippen molar-refractivity contribution in [3.63, 3.8) is 0 Å². The molecule has 0 spiro atoms. The van der Waals surface area contributed by atoms with Crippen LogP contribution in [0.4, 0.5) is 10.6 Å². The van der Waals surface area contributed by atoms with E-state index in [0.29, 0.717) is 5.82 Å². The summed E-state index contributed by atoms with van der Waals surface area (Å²) >= 11 is 0. The molecule has 0 saturated carbocycles. The molecule has 1 aromatic heterocycles. The molecule has 5 N–H and O–H groups in total. The number of aromatic amines is 1. The third-order valence-corrected chi connectivity index (χ3v) is 3.06. The van der Waals surface area contributed by atoms with Crippen molar-refractivity contribution in [2.75, 3.05) is 5.32 Å². The molecule has 0 aliphatic rings. The van der Waals surface area contributed by atoms with Gasteiger partial charge in [-0.2, -0.15) is 5.10 Å². The monoisotopic (exact) mass is 267 g/mol. The third kappa shape index (κ3) is 4.27. The zero-order chi connectivity index (χ0) is 14.4. The van der Waals surface area contributed by atoms with Crippen molar-refractivity contribution in [1.82, 2.24) is 15.5 Å². The summed E-state index contributed by atoms with van der Waals surface area (Å²) in [7, 11) is 0. The first kappa shape index (κ1) is 15.0. The molecule has 1 heterocycles. The van der Waals surface area contributed by atoms with Crippen LogP contribution in [0.15, 0.2) is 6.07 Å². The van der Waals surface area contributed by atoms with Crippen molar-refractivity contribution in [1.29, 1.82) is 0 Å². The van der Waals surface area contributed by atoms with Crippen LogP contribution in [0, 0.1) is 5.92 Å². The number of hydrogen-bond acceptors (Lipinski definition) is 3. The number of nitrogens with zero attached hydrogens (tertiary/aromatic N) is 1. The van der Waals surface area contributed by atoms with Gasteiger partial charge in [0.05, 0.1) is 0 Å². The molecule has 7 heteroatoms. The van der Waals surface area contributed by atoms with Gasteiger partial charge in [-0.05, 0) is 12.3 Å². The quantitative estimate of drug-likeness (QED) is 0.616. The minimum atomic E-state index is -0.711. The van der Waals surface area contributed by atoms with Gasteiger partial charge in [-0.15, -0.1) is 0 Å². The van der Waals surface area contributed by atoms with Gasteiger partial charge < -0.3 is 16.4 Å². The Labute approximate surface area is 112 Å². The van der Waals surface area contributed by atoms with E-state index in [-0.39, 0.29) is 11.8 Å². The number of primary amides is 1. The molecule has 0 aliphatic heterocycles. The van der Waals surface area contributed by atoms with Crippen LogP contribution in [0.1, 0.15) is 32.9 Å². The molecule has 19 heavy (non-hydrogen) atoms. The maximum atomic E-state index is 12.1. The Balaban J connectivity index is 2.73. The van der Waals surface area contributed by atoms with Gasteiger partial charge >= 0.3 is 6.03 Å². The molecule has 0 radical (unpaired) electrons. The lowest BCUT2D eigenvalue weighted by Gasteiger charge is -2.21. The predicted molar refractivity (Wildman–Crippen MR) is 72.6 cm³/mol. The number of H-pyrrole nitrogens is 1. The number of hydrogen-bond donors (Lipinski definition) is 4. The molecule has 7 nitrogen and oxygen atoms in total. The van der Waals surface area contributed by atoms with Gasteiger partial charge in [-0.3, -0.25) is 9.89 Å². The minimum Gasteiger partial charge on any atom is -0.352 e. The minimum absolute atomic E-state index is 0.0166. The fraction of sp³-hybridized carbons (Fsp3) is 0.583. The summed E-state index contributed by atoms with van der Waals surface area (Å²) in [5.41, 5.74) is 6.02. The zero-order valence-corrected chi connectivity index (χ0v) is 11.5. The van der Waals surface area contributed by atoms with Gasteiger partial charge in [0.15, 0.2) is 5.82 Å². The predicted octanol–water partition coefficient (Wildman–Crippen LogP) is 0.994. The summed E-state index contributed by atoms with van der Waals surface area (Å²) in [6.45, 7) is 5.80. The first-order valence-corrected chi connectivity index (χ1v) is 6.39. The molecule has 2 unspecified atom stereocenters. The van der Waals surface area contributed by atoms with E-state index >= 15 is 0 Å². The summed E-state index contributed by atoms with van der Waals surface area (Å²) in [5.74, 6) is 0.112. The van der Waals surface area contributed by atoms with E-state index < -0.39 is 12.1 Å². The van der Waals surface area contributed by atoms with Crippen molar-refractivity contribution < 1.29 is 9.59 Å². The van der Waals surface area contributed by atoms with Gasteiger partial charge in [-0.25, -0.2) is 4.79 Å². The smallest absolute Gasteiger partial charge is 0.312 e. The zero-order valence-electron chi connectivity index (χ0n) is 11.5. The second kappa shape index (κ2) is 6.77. The first-order chi connectivity index (χ1) is 8.97. The number of aromatic nitrogens is 2. The maximum Gasteiger partial charge on any atom is 0.312 e. The lowest BCUT2D eigenvalue weighted by Crippen LogP contribution is -2.49. The first-order valence-electron chi connectivity index (χ1n) is 6.39. The lowest BCUT2D eigenvalue weighted by atomic mass is 9.98. The number of amides is 3. The Kier molecular flexibility index (Phi) is 5.35. The number of urea groups is 1. The number of aryl methyl sites for hydroxylation is 1. The normalized spacial score (nSPS) is 13.6. The average molecular weight is 267 g/mol. The molecule has 0 fully saturated rings. The summed E-state index contributed by atoms with van der Waals surface area (Å²) in [4.78, 5) is 23.1. The number of rotatable bonds is 6. The van der Waals surface area contributed by atoms with Gasteiger partial charge in [0.1, 0.15) is 6.04 Å². The molecular weight excluding hydrogens is 246 g/mol. The Morgan fingerprint density at radius 1 is 1.47 bits per heavy atom. The molecule has 1 aromatic rings. The van der Waals surface area contributed by atoms with Crippen LogP contribution >= 0.6 is 0 Å². The SMILES string of the molecule is CCc1cc(NC(=O)C(NC(N)=O)C(C)CC)n[nH]1. The molecule has 106 valence electrons. The van der Waals surface area contributed by atoms with Crippen molar-refractivity contribution in [3.05, 3.63) is 11.8 Å². The van der Waals surface area contributed by atoms with E-state index in [1.54, 1.807) is 6.07 Å². The lowest BCUT2D eigenvalue weighted by molar-refractivity contribution is -0.119. The molecule has 0 aromatic carbocycles. The number of carbonyl (C=O) groups excluding carboxylic acids is 2. The second-order valence-corrected chi connectivity index (χ2v) is 4.49. The van der Waals surface area contributed by atoms with Crippen molar-refractivity contribution in [2.24, 2.45) is 11.7 Å². The summed E-state index contributed by atoms with van der Waals surface area (Å²) in [6.07, 6.45) is 1.55. The van der Waals surface area contributed by atoms with E-state index in [1.165, 1.54) is 0 Å². The highest BCUT2D eigenvalue weighted by Crippen LogP contribution is 2.11. The third-order valence-electron chi connectivity index (χ3n) is 3.06. The number of carbonyl (C=O) groups is 2. The van der Waals surface area contributed by atoms with Gasteiger partial charge in [0, 0.05) is 11.8 Å². The fourth-order valence-corrected chi connectivity index (χ4v) is 1.67. The Morgan fingerprint density at radius 3 is 2.63 bits per heavy atom. The summed E-state index contributed by atoms with van der Waals surface area (Å²) in [5, 5.41) is 11.9.